The van der Waals surface area contributed by atoms with Gasteiger partial charge in [-0.2, -0.15) is 0 Å². The fourth-order valence-electron chi connectivity index (χ4n) is 2.88. The molecule has 0 amide bonds. The third kappa shape index (κ3) is 6.17. The van der Waals surface area contributed by atoms with Crippen LogP contribution in [0.1, 0.15) is 52.9 Å². The van der Waals surface area contributed by atoms with E-state index in [-0.39, 0.29) is 0 Å². The molecule has 1 aliphatic rings. The second-order valence-corrected chi connectivity index (χ2v) is 6.33. The number of hydrogen-bond donors (Lipinski definition) is 1. The fourth-order valence-corrected chi connectivity index (χ4v) is 2.88. The molecule has 0 aromatic heterocycles. The molecule has 0 bridgehead atoms. The molecule has 1 rings (SSSR count). The molecule has 1 heterocycles. The number of piperidine rings is 1. The minimum absolute atomic E-state index is 0.407. The van der Waals surface area contributed by atoms with Gasteiger partial charge in [0.15, 0.2) is 0 Å². The Hall–Kier alpha value is -0.120. The van der Waals surface area contributed by atoms with Gasteiger partial charge in [0.25, 0.3) is 0 Å². The van der Waals surface area contributed by atoms with Crippen LogP contribution in [0.5, 0.6) is 0 Å². The first-order valence-corrected chi connectivity index (χ1v) is 7.61. The van der Waals surface area contributed by atoms with Gasteiger partial charge in [0.1, 0.15) is 0 Å². The molecule has 0 aromatic rings. The predicted octanol–water partition coefficient (Wildman–Crippen LogP) is 2.64. The summed E-state index contributed by atoms with van der Waals surface area (Å²) in [5, 5.41) is 0. The monoisotopic (exact) mass is 256 g/mol. The highest BCUT2D eigenvalue weighted by molar-refractivity contribution is 4.75. The van der Waals surface area contributed by atoms with Crippen molar-refractivity contribution < 1.29 is 4.74 Å². The lowest BCUT2D eigenvalue weighted by Crippen LogP contribution is -2.40. The Morgan fingerprint density at radius 1 is 1.33 bits per heavy atom. The molecule has 108 valence electrons. The van der Waals surface area contributed by atoms with Crippen LogP contribution in [0.4, 0.5) is 0 Å². The average molecular weight is 256 g/mol. The van der Waals surface area contributed by atoms with Gasteiger partial charge in [0, 0.05) is 13.2 Å². The summed E-state index contributed by atoms with van der Waals surface area (Å²) in [6, 6.07) is 0. The molecular formula is C15H32N2O. The van der Waals surface area contributed by atoms with Gasteiger partial charge in [-0.1, -0.05) is 13.8 Å². The second-order valence-electron chi connectivity index (χ2n) is 6.33. The van der Waals surface area contributed by atoms with Crippen LogP contribution in [0.3, 0.4) is 0 Å². The Morgan fingerprint density at radius 3 is 2.78 bits per heavy atom. The van der Waals surface area contributed by atoms with Crippen molar-refractivity contribution in [1.29, 1.82) is 0 Å². The zero-order chi connectivity index (χ0) is 13.4. The molecule has 0 aromatic carbocycles. The molecule has 0 aliphatic carbocycles. The lowest BCUT2D eigenvalue weighted by atomic mass is 9.84. The molecule has 3 heteroatoms. The van der Waals surface area contributed by atoms with E-state index < -0.39 is 0 Å². The van der Waals surface area contributed by atoms with Gasteiger partial charge in [-0.3, -0.25) is 0 Å². The SMILES string of the molecule is CCOC1CCCN(CCCC(C)(C)CCN)C1. The van der Waals surface area contributed by atoms with E-state index in [9.17, 15) is 0 Å². The van der Waals surface area contributed by atoms with Gasteiger partial charge in [-0.25, -0.2) is 0 Å². The summed E-state index contributed by atoms with van der Waals surface area (Å²) >= 11 is 0. The van der Waals surface area contributed by atoms with Gasteiger partial charge in [-0.15, -0.1) is 0 Å². The molecule has 2 N–H and O–H groups in total. The standard InChI is InChI=1S/C15H32N2O/c1-4-18-14-7-5-11-17(13-14)12-6-8-15(2,3)9-10-16/h14H,4-13,16H2,1-3H3. The number of hydrogen-bond acceptors (Lipinski definition) is 3. The molecule has 0 saturated carbocycles. The maximum atomic E-state index is 5.74. The van der Waals surface area contributed by atoms with E-state index in [1.807, 2.05) is 0 Å². The molecule has 1 unspecified atom stereocenters. The Balaban J connectivity index is 2.18. The van der Waals surface area contributed by atoms with Crippen molar-refractivity contribution in [3.63, 3.8) is 0 Å². The van der Waals surface area contributed by atoms with Gasteiger partial charge in [0.05, 0.1) is 6.10 Å². The molecule has 18 heavy (non-hydrogen) atoms. The van der Waals surface area contributed by atoms with E-state index >= 15 is 0 Å². The van der Waals surface area contributed by atoms with Crippen molar-refractivity contribution >= 4 is 0 Å². The summed E-state index contributed by atoms with van der Waals surface area (Å²) in [5.41, 5.74) is 6.06. The van der Waals surface area contributed by atoms with Gasteiger partial charge < -0.3 is 15.4 Å². The van der Waals surface area contributed by atoms with Crippen molar-refractivity contribution in [2.24, 2.45) is 11.1 Å². The summed E-state index contributed by atoms with van der Waals surface area (Å²) < 4.78 is 5.74. The number of nitrogens with two attached hydrogens (primary N) is 1. The summed E-state index contributed by atoms with van der Waals surface area (Å²) in [4.78, 5) is 2.57. The van der Waals surface area contributed by atoms with Gasteiger partial charge >= 0.3 is 0 Å². The van der Waals surface area contributed by atoms with Gasteiger partial charge in [-0.05, 0) is 64.1 Å². The van der Waals surface area contributed by atoms with Crippen molar-refractivity contribution in [1.82, 2.24) is 4.90 Å². The van der Waals surface area contributed by atoms with E-state index in [4.69, 9.17) is 10.5 Å². The van der Waals surface area contributed by atoms with E-state index in [0.717, 1.165) is 26.1 Å². The van der Waals surface area contributed by atoms with Crippen molar-refractivity contribution in [2.75, 3.05) is 32.8 Å². The van der Waals surface area contributed by atoms with Crippen LogP contribution in [0.15, 0.2) is 0 Å². The number of rotatable bonds is 8. The fraction of sp³-hybridized carbons (Fsp3) is 1.00. The molecule has 0 radical (unpaired) electrons. The van der Waals surface area contributed by atoms with E-state index in [2.05, 4.69) is 25.7 Å². The summed E-state index contributed by atoms with van der Waals surface area (Å²) in [6.45, 7) is 12.0. The minimum atomic E-state index is 0.407. The minimum Gasteiger partial charge on any atom is -0.377 e. The van der Waals surface area contributed by atoms with E-state index in [1.165, 1.54) is 38.8 Å². The first-order chi connectivity index (χ1) is 8.57. The predicted molar refractivity (Wildman–Crippen MR) is 77.8 cm³/mol. The molecule has 1 aliphatic heterocycles. The van der Waals surface area contributed by atoms with Crippen LogP contribution >= 0.6 is 0 Å². The molecule has 1 atom stereocenters. The van der Waals surface area contributed by atoms with E-state index in [0.29, 0.717) is 11.5 Å². The molecule has 1 fully saturated rings. The highest BCUT2D eigenvalue weighted by Crippen LogP contribution is 2.26. The third-order valence-corrected chi connectivity index (χ3v) is 4.01. The Kier molecular flexibility index (Phi) is 7.20. The maximum absolute atomic E-state index is 5.74. The van der Waals surface area contributed by atoms with Crippen LogP contribution in [-0.2, 0) is 4.74 Å². The van der Waals surface area contributed by atoms with Crippen LogP contribution < -0.4 is 5.73 Å². The maximum Gasteiger partial charge on any atom is 0.0702 e. The third-order valence-electron chi connectivity index (χ3n) is 4.01. The quantitative estimate of drug-likeness (QED) is 0.725. The zero-order valence-electron chi connectivity index (χ0n) is 12.6. The Labute approximate surface area is 113 Å². The largest absolute Gasteiger partial charge is 0.377 e. The molecule has 0 spiro atoms. The van der Waals surface area contributed by atoms with Crippen molar-refractivity contribution in [3.05, 3.63) is 0 Å². The topological polar surface area (TPSA) is 38.5 Å². The first kappa shape index (κ1) is 15.9. The Bertz CT molecular complexity index is 217. The zero-order valence-corrected chi connectivity index (χ0v) is 12.6. The van der Waals surface area contributed by atoms with Crippen LogP contribution in [0.25, 0.3) is 0 Å². The number of nitrogens with zero attached hydrogens (tertiary/aromatic N) is 1. The molecule has 3 nitrogen and oxygen atoms in total. The normalized spacial score (nSPS) is 22.3. The smallest absolute Gasteiger partial charge is 0.0702 e. The van der Waals surface area contributed by atoms with Crippen LogP contribution in [0, 0.1) is 5.41 Å². The lowest BCUT2D eigenvalue weighted by molar-refractivity contribution is 0.00496. The number of ether oxygens (including phenoxy) is 1. The lowest BCUT2D eigenvalue weighted by Gasteiger charge is -2.33. The van der Waals surface area contributed by atoms with Crippen molar-refractivity contribution in [3.8, 4) is 0 Å². The van der Waals surface area contributed by atoms with Crippen molar-refractivity contribution in [2.45, 2.75) is 59.0 Å². The van der Waals surface area contributed by atoms with Crippen LogP contribution in [0.2, 0.25) is 0 Å². The summed E-state index contributed by atoms with van der Waals surface area (Å²) in [6.07, 6.45) is 6.70. The molecule has 1 saturated heterocycles. The highest BCUT2D eigenvalue weighted by atomic mass is 16.5. The number of likely N-dealkylation sites (tertiary alicyclic amines) is 1. The van der Waals surface area contributed by atoms with E-state index in [1.54, 1.807) is 0 Å². The molecular weight excluding hydrogens is 224 g/mol. The van der Waals surface area contributed by atoms with Crippen LogP contribution in [-0.4, -0.2) is 43.8 Å². The second kappa shape index (κ2) is 8.13. The first-order valence-electron chi connectivity index (χ1n) is 7.61. The summed E-state index contributed by atoms with van der Waals surface area (Å²) in [5.74, 6) is 0. The summed E-state index contributed by atoms with van der Waals surface area (Å²) in [7, 11) is 0. The average Bonchev–Trinajstić information content (AvgIpc) is 2.29. The highest BCUT2D eigenvalue weighted by Gasteiger charge is 2.21. The van der Waals surface area contributed by atoms with Gasteiger partial charge in [0.2, 0.25) is 0 Å². The Morgan fingerprint density at radius 2 is 2.11 bits per heavy atom.